The number of likely N-dealkylation sites (N-methyl/N-ethyl adjacent to an activating group) is 1. The summed E-state index contributed by atoms with van der Waals surface area (Å²) in [6, 6.07) is 0. The van der Waals surface area contributed by atoms with Crippen LogP contribution in [0.25, 0.3) is 0 Å². The molecule has 1 saturated heterocycles. The van der Waals surface area contributed by atoms with Crippen molar-refractivity contribution >= 4 is 0 Å². The Bertz CT molecular complexity index is 135. The summed E-state index contributed by atoms with van der Waals surface area (Å²) in [6.45, 7) is 7.59. The molecule has 2 N–H and O–H groups in total. The molecule has 78 valence electrons. The van der Waals surface area contributed by atoms with Gasteiger partial charge in [0, 0.05) is 39.3 Å². The summed E-state index contributed by atoms with van der Waals surface area (Å²) < 4.78 is 0. The molecule has 1 aliphatic rings. The topological polar surface area (TPSA) is 38.7 Å². The largest absolute Gasteiger partial charge is 0.396 e. The standard InChI is InChI=1S/C9H21N3O/c1-9(8-13)7-10-12-5-3-11(2)4-6-12/h9-10,13H,3-8H2,1-2H3. The fraction of sp³-hybridized carbons (Fsp3) is 1.00. The Balaban J connectivity index is 2.08. The molecule has 1 aliphatic heterocycles. The molecule has 0 bridgehead atoms. The molecule has 0 amide bonds. The fourth-order valence-corrected chi connectivity index (χ4v) is 1.31. The zero-order valence-electron chi connectivity index (χ0n) is 8.66. The SMILES string of the molecule is CC(CO)CNN1CCN(C)CC1. The van der Waals surface area contributed by atoms with E-state index in [9.17, 15) is 0 Å². The van der Waals surface area contributed by atoms with Crippen LogP contribution in [-0.2, 0) is 0 Å². The van der Waals surface area contributed by atoms with Crippen LogP contribution in [0.1, 0.15) is 6.92 Å². The maximum atomic E-state index is 8.84. The van der Waals surface area contributed by atoms with Crippen LogP contribution in [0.2, 0.25) is 0 Å². The minimum absolute atomic E-state index is 0.265. The predicted octanol–water partition coefficient (Wildman–Crippen LogP) is -0.633. The van der Waals surface area contributed by atoms with E-state index < -0.39 is 0 Å². The second kappa shape index (κ2) is 5.54. The molecule has 0 saturated carbocycles. The molecule has 1 rings (SSSR count). The van der Waals surface area contributed by atoms with E-state index in [1.807, 2.05) is 6.92 Å². The van der Waals surface area contributed by atoms with E-state index in [4.69, 9.17) is 5.11 Å². The highest BCUT2D eigenvalue weighted by Crippen LogP contribution is 1.96. The zero-order valence-corrected chi connectivity index (χ0v) is 8.66. The first-order chi connectivity index (χ1) is 6.22. The van der Waals surface area contributed by atoms with Gasteiger partial charge in [0.05, 0.1) is 0 Å². The molecular formula is C9H21N3O. The van der Waals surface area contributed by atoms with Crippen LogP contribution in [0.5, 0.6) is 0 Å². The molecule has 0 aromatic rings. The number of piperazine rings is 1. The summed E-state index contributed by atoms with van der Waals surface area (Å²) in [5.41, 5.74) is 3.34. The molecule has 0 aliphatic carbocycles. The molecule has 4 heteroatoms. The van der Waals surface area contributed by atoms with Gasteiger partial charge in [0.15, 0.2) is 0 Å². The smallest absolute Gasteiger partial charge is 0.0469 e. The number of hydrazine groups is 1. The lowest BCUT2D eigenvalue weighted by molar-refractivity contribution is 0.0924. The van der Waals surface area contributed by atoms with Gasteiger partial charge in [-0.05, 0) is 13.0 Å². The van der Waals surface area contributed by atoms with Crippen molar-refractivity contribution in [1.82, 2.24) is 15.3 Å². The van der Waals surface area contributed by atoms with Crippen molar-refractivity contribution < 1.29 is 5.11 Å². The highest BCUT2D eigenvalue weighted by atomic mass is 16.3. The lowest BCUT2D eigenvalue weighted by Crippen LogP contribution is -2.51. The summed E-state index contributed by atoms with van der Waals surface area (Å²) in [4.78, 5) is 2.33. The summed E-state index contributed by atoms with van der Waals surface area (Å²) in [5, 5.41) is 11.1. The molecule has 0 aromatic heterocycles. The van der Waals surface area contributed by atoms with Gasteiger partial charge < -0.3 is 10.0 Å². The van der Waals surface area contributed by atoms with Crippen LogP contribution in [0, 0.1) is 5.92 Å². The average molecular weight is 187 g/mol. The average Bonchev–Trinajstić information content (AvgIpc) is 2.16. The molecule has 1 unspecified atom stereocenters. The van der Waals surface area contributed by atoms with Crippen LogP contribution in [0.4, 0.5) is 0 Å². The van der Waals surface area contributed by atoms with Gasteiger partial charge in [-0.25, -0.2) is 5.01 Å². The third-order valence-electron chi connectivity index (χ3n) is 2.48. The molecule has 0 aromatic carbocycles. The van der Waals surface area contributed by atoms with Crippen LogP contribution in [0.3, 0.4) is 0 Å². The van der Waals surface area contributed by atoms with Crippen molar-refractivity contribution in [2.24, 2.45) is 5.92 Å². The van der Waals surface area contributed by atoms with Gasteiger partial charge in [-0.1, -0.05) is 6.92 Å². The monoisotopic (exact) mass is 187 g/mol. The Labute approximate surface area is 80.5 Å². The number of nitrogens with zero attached hydrogens (tertiary/aromatic N) is 2. The quantitative estimate of drug-likeness (QED) is 0.614. The fourth-order valence-electron chi connectivity index (χ4n) is 1.31. The lowest BCUT2D eigenvalue weighted by atomic mass is 10.2. The van der Waals surface area contributed by atoms with E-state index in [2.05, 4.69) is 22.4 Å². The van der Waals surface area contributed by atoms with Crippen LogP contribution in [-0.4, -0.2) is 61.4 Å². The highest BCUT2D eigenvalue weighted by molar-refractivity contribution is 4.66. The number of aliphatic hydroxyl groups excluding tert-OH is 1. The lowest BCUT2D eigenvalue weighted by Gasteiger charge is -2.33. The van der Waals surface area contributed by atoms with Crippen molar-refractivity contribution in [2.75, 3.05) is 46.4 Å². The summed E-state index contributed by atoms with van der Waals surface area (Å²) in [7, 11) is 2.15. The van der Waals surface area contributed by atoms with Gasteiger partial charge in [-0.2, -0.15) is 0 Å². The third-order valence-corrected chi connectivity index (χ3v) is 2.48. The maximum Gasteiger partial charge on any atom is 0.0469 e. The molecule has 0 radical (unpaired) electrons. The predicted molar refractivity (Wildman–Crippen MR) is 53.3 cm³/mol. The van der Waals surface area contributed by atoms with Crippen molar-refractivity contribution in [3.8, 4) is 0 Å². The Morgan fingerprint density at radius 3 is 2.46 bits per heavy atom. The van der Waals surface area contributed by atoms with E-state index in [-0.39, 0.29) is 6.61 Å². The van der Waals surface area contributed by atoms with E-state index in [0.29, 0.717) is 5.92 Å². The van der Waals surface area contributed by atoms with E-state index in [1.54, 1.807) is 0 Å². The second-order valence-electron chi connectivity index (χ2n) is 3.94. The van der Waals surface area contributed by atoms with Crippen molar-refractivity contribution in [3.05, 3.63) is 0 Å². The normalized spacial score (nSPS) is 23.3. The van der Waals surface area contributed by atoms with Crippen LogP contribution < -0.4 is 5.43 Å². The molecule has 4 nitrogen and oxygen atoms in total. The van der Waals surface area contributed by atoms with Crippen LogP contribution in [0.15, 0.2) is 0 Å². The van der Waals surface area contributed by atoms with E-state index >= 15 is 0 Å². The van der Waals surface area contributed by atoms with Gasteiger partial charge >= 0.3 is 0 Å². The Morgan fingerprint density at radius 1 is 1.31 bits per heavy atom. The second-order valence-corrected chi connectivity index (χ2v) is 3.94. The summed E-state index contributed by atoms with van der Waals surface area (Å²) >= 11 is 0. The third kappa shape index (κ3) is 4.04. The van der Waals surface area contributed by atoms with Gasteiger partial charge in [0.25, 0.3) is 0 Å². The molecular weight excluding hydrogens is 166 g/mol. The number of aliphatic hydroxyl groups is 1. The number of rotatable bonds is 4. The molecule has 13 heavy (non-hydrogen) atoms. The number of nitrogens with one attached hydrogen (secondary N) is 1. The molecule has 1 atom stereocenters. The first-order valence-electron chi connectivity index (χ1n) is 5.00. The van der Waals surface area contributed by atoms with Gasteiger partial charge in [0.1, 0.15) is 0 Å². The first-order valence-corrected chi connectivity index (χ1v) is 5.00. The summed E-state index contributed by atoms with van der Waals surface area (Å²) in [6.07, 6.45) is 0. The van der Waals surface area contributed by atoms with Gasteiger partial charge in [-0.15, -0.1) is 0 Å². The van der Waals surface area contributed by atoms with E-state index in [1.165, 1.54) is 0 Å². The maximum absolute atomic E-state index is 8.84. The first kappa shape index (κ1) is 10.9. The minimum atomic E-state index is 0.265. The van der Waals surface area contributed by atoms with Gasteiger partial charge in [0.2, 0.25) is 0 Å². The molecule has 0 spiro atoms. The number of hydrogen-bond donors (Lipinski definition) is 2. The Hall–Kier alpha value is -0.160. The van der Waals surface area contributed by atoms with Crippen molar-refractivity contribution in [2.45, 2.75) is 6.92 Å². The Kier molecular flexibility index (Phi) is 4.66. The van der Waals surface area contributed by atoms with E-state index in [0.717, 1.165) is 32.7 Å². The number of hydrogen-bond acceptors (Lipinski definition) is 4. The summed E-state index contributed by atoms with van der Waals surface area (Å²) in [5.74, 6) is 0.347. The van der Waals surface area contributed by atoms with Crippen molar-refractivity contribution in [3.63, 3.8) is 0 Å². The molecule has 1 fully saturated rings. The van der Waals surface area contributed by atoms with Crippen molar-refractivity contribution in [1.29, 1.82) is 0 Å². The van der Waals surface area contributed by atoms with Gasteiger partial charge in [-0.3, -0.25) is 5.43 Å². The highest BCUT2D eigenvalue weighted by Gasteiger charge is 2.13. The Morgan fingerprint density at radius 2 is 1.92 bits per heavy atom. The zero-order chi connectivity index (χ0) is 9.68. The molecule has 1 heterocycles. The minimum Gasteiger partial charge on any atom is -0.396 e. The van der Waals surface area contributed by atoms with Crippen LogP contribution >= 0.6 is 0 Å².